The van der Waals surface area contributed by atoms with Crippen LogP contribution < -0.4 is 19.6 Å². The second kappa shape index (κ2) is 16.9. The Bertz CT molecular complexity index is 2350. The number of anilines is 12. The minimum absolute atomic E-state index is 1.07. The van der Waals surface area contributed by atoms with E-state index in [1.54, 1.807) is 0 Å². The van der Waals surface area contributed by atoms with E-state index in [0.717, 1.165) is 68.2 Å². The molecule has 9 rings (SSSR count). The SMILES string of the molecule is c1ccc(N(c2ccccc2)c2ccc(N(c3ccccc3)c3ccc(N(c4ccccc4)c4ccc(N(c5ccccc5)c5ccccc5)cc4)cc3)cc2)cc1. The minimum Gasteiger partial charge on any atom is -0.311 e. The van der Waals surface area contributed by atoms with Crippen LogP contribution in [0.15, 0.2) is 255 Å². The molecule has 0 unspecified atom stereocenters. The predicted molar refractivity (Wildman–Crippen MR) is 245 cm³/mol. The number of nitrogens with zero attached hydrogens (tertiary/aromatic N) is 4. The molecule has 0 aliphatic heterocycles. The zero-order valence-corrected chi connectivity index (χ0v) is 32.0. The number of para-hydroxylation sites is 6. The molecule has 9 aromatic carbocycles. The second-order valence-electron chi connectivity index (χ2n) is 13.9. The van der Waals surface area contributed by atoms with Crippen molar-refractivity contribution in [2.75, 3.05) is 19.6 Å². The van der Waals surface area contributed by atoms with E-state index in [9.17, 15) is 0 Å². The summed E-state index contributed by atoms with van der Waals surface area (Å²) in [5.41, 5.74) is 13.1. The number of hydrogen-bond donors (Lipinski definition) is 0. The van der Waals surface area contributed by atoms with Crippen molar-refractivity contribution in [2.24, 2.45) is 0 Å². The van der Waals surface area contributed by atoms with Crippen molar-refractivity contribution in [2.45, 2.75) is 0 Å². The van der Waals surface area contributed by atoms with E-state index in [0.29, 0.717) is 0 Å². The van der Waals surface area contributed by atoms with Gasteiger partial charge in [0.15, 0.2) is 0 Å². The average Bonchev–Trinajstić information content (AvgIpc) is 3.30. The Hall–Kier alpha value is -7.82. The third-order valence-electron chi connectivity index (χ3n) is 10.2. The van der Waals surface area contributed by atoms with Crippen molar-refractivity contribution in [1.82, 2.24) is 0 Å². The fourth-order valence-corrected chi connectivity index (χ4v) is 7.50. The van der Waals surface area contributed by atoms with E-state index >= 15 is 0 Å². The fourth-order valence-electron chi connectivity index (χ4n) is 7.50. The van der Waals surface area contributed by atoms with E-state index in [-0.39, 0.29) is 0 Å². The highest BCUT2D eigenvalue weighted by molar-refractivity contribution is 5.84. The van der Waals surface area contributed by atoms with Gasteiger partial charge in [0.1, 0.15) is 0 Å². The molecule has 4 heteroatoms. The maximum atomic E-state index is 2.31. The summed E-state index contributed by atoms with van der Waals surface area (Å²) in [5.74, 6) is 0. The van der Waals surface area contributed by atoms with Gasteiger partial charge in [0.25, 0.3) is 0 Å². The molecule has 0 atom stereocenters. The molecule has 0 aromatic heterocycles. The molecule has 0 aliphatic carbocycles. The lowest BCUT2D eigenvalue weighted by molar-refractivity contribution is 1.24. The summed E-state index contributed by atoms with van der Waals surface area (Å²) >= 11 is 0. The largest absolute Gasteiger partial charge is 0.311 e. The molecule has 0 heterocycles. The topological polar surface area (TPSA) is 13.0 Å². The maximum absolute atomic E-state index is 2.31. The molecular formula is C54H42N4. The Morgan fingerprint density at radius 2 is 0.224 bits per heavy atom. The standard InChI is InChI=1S/C54H42N4/c1-7-19-43(20-8-1)55(44-21-9-2-10-22-44)49-31-35-51(36-32-49)57(47-27-15-5-16-28-47)53-39-41-54(42-40-53)58(48-29-17-6-18-30-48)52-37-33-50(34-38-52)56(45-23-11-3-12-24-45)46-25-13-4-14-26-46/h1-42H. The zero-order valence-electron chi connectivity index (χ0n) is 32.0. The quantitative estimate of drug-likeness (QED) is 0.123. The lowest BCUT2D eigenvalue weighted by Crippen LogP contribution is -2.13. The lowest BCUT2D eigenvalue weighted by Gasteiger charge is -2.30. The number of hydrogen-bond acceptors (Lipinski definition) is 4. The van der Waals surface area contributed by atoms with Gasteiger partial charge in [-0.1, -0.05) is 109 Å². The first-order chi connectivity index (χ1) is 28.8. The number of benzene rings is 9. The van der Waals surface area contributed by atoms with Gasteiger partial charge >= 0.3 is 0 Å². The summed E-state index contributed by atoms with van der Waals surface area (Å²) in [5, 5.41) is 0. The highest BCUT2D eigenvalue weighted by Crippen LogP contribution is 2.42. The van der Waals surface area contributed by atoms with Crippen LogP contribution in [0.1, 0.15) is 0 Å². The Morgan fingerprint density at radius 1 is 0.121 bits per heavy atom. The summed E-state index contributed by atoms with van der Waals surface area (Å²) in [4.78, 5) is 9.20. The summed E-state index contributed by atoms with van der Waals surface area (Å²) in [6.45, 7) is 0. The molecule has 0 bridgehead atoms. The van der Waals surface area contributed by atoms with Gasteiger partial charge in [-0.05, 0) is 146 Å². The highest BCUT2D eigenvalue weighted by atomic mass is 15.2. The van der Waals surface area contributed by atoms with Crippen molar-refractivity contribution in [3.8, 4) is 0 Å². The first-order valence-electron chi connectivity index (χ1n) is 19.6. The molecule has 0 saturated carbocycles. The molecule has 0 N–H and O–H groups in total. The van der Waals surface area contributed by atoms with Crippen LogP contribution in [0, 0.1) is 0 Å². The van der Waals surface area contributed by atoms with Crippen LogP contribution in [-0.2, 0) is 0 Å². The fraction of sp³-hybridized carbons (Fsp3) is 0. The van der Waals surface area contributed by atoms with Crippen molar-refractivity contribution >= 4 is 68.2 Å². The van der Waals surface area contributed by atoms with E-state index in [2.05, 4.69) is 274 Å². The highest BCUT2D eigenvalue weighted by Gasteiger charge is 2.19. The average molecular weight is 747 g/mol. The molecule has 0 saturated heterocycles. The molecule has 0 spiro atoms. The van der Waals surface area contributed by atoms with Crippen molar-refractivity contribution in [3.63, 3.8) is 0 Å². The third kappa shape index (κ3) is 7.68. The molecule has 278 valence electrons. The van der Waals surface area contributed by atoms with Crippen molar-refractivity contribution < 1.29 is 0 Å². The van der Waals surface area contributed by atoms with Crippen molar-refractivity contribution in [1.29, 1.82) is 0 Å². The maximum Gasteiger partial charge on any atom is 0.0463 e. The zero-order chi connectivity index (χ0) is 38.9. The van der Waals surface area contributed by atoms with Gasteiger partial charge in [-0.15, -0.1) is 0 Å². The molecule has 0 fully saturated rings. The molecule has 9 aromatic rings. The second-order valence-corrected chi connectivity index (χ2v) is 13.9. The summed E-state index contributed by atoms with van der Waals surface area (Å²) in [6.07, 6.45) is 0. The van der Waals surface area contributed by atoms with E-state index in [1.165, 1.54) is 0 Å². The third-order valence-corrected chi connectivity index (χ3v) is 10.2. The van der Waals surface area contributed by atoms with Gasteiger partial charge in [-0.25, -0.2) is 0 Å². The summed E-state index contributed by atoms with van der Waals surface area (Å²) in [6, 6.07) is 89.7. The van der Waals surface area contributed by atoms with Gasteiger partial charge in [0.05, 0.1) is 0 Å². The molecule has 0 aliphatic rings. The van der Waals surface area contributed by atoms with Crippen LogP contribution in [0.5, 0.6) is 0 Å². The van der Waals surface area contributed by atoms with Crippen LogP contribution in [-0.4, -0.2) is 0 Å². The van der Waals surface area contributed by atoms with Gasteiger partial charge in [0.2, 0.25) is 0 Å². The van der Waals surface area contributed by atoms with Gasteiger partial charge < -0.3 is 19.6 Å². The Labute approximate surface area is 341 Å². The molecule has 4 nitrogen and oxygen atoms in total. The normalized spacial score (nSPS) is 10.8. The number of rotatable bonds is 12. The van der Waals surface area contributed by atoms with Gasteiger partial charge in [-0.3, -0.25) is 0 Å². The Balaban J connectivity index is 1.06. The molecule has 58 heavy (non-hydrogen) atoms. The summed E-state index contributed by atoms with van der Waals surface area (Å²) < 4.78 is 0. The van der Waals surface area contributed by atoms with Crippen LogP contribution in [0.3, 0.4) is 0 Å². The van der Waals surface area contributed by atoms with Crippen LogP contribution in [0.2, 0.25) is 0 Å². The Kier molecular flexibility index (Phi) is 10.5. The molecule has 0 radical (unpaired) electrons. The first kappa shape index (κ1) is 35.9. The lowest BCUT2D eigenvalue weighted by atomic mass is 10.1. The van der Waals surface area contributed by atoms with Crippen LogP contribution >= 0.6 is 0 Å². The van der Waals surface area contributed by atoms with Crippen LogP contribution in [0.25, 0.3) is 0 Å². The van der Waals surface area contributed by atoms with E-state index < -0.39 is 0 Å². The van der Waals surface area contributed by atoms with Gasteiger partial charge in [0, 0.05) is 68.2 Å². The molecular weight excluding hydrogens is 705 g/mol. The predicted octanol–water partition coefficient (Wildman–Crippen LogP) is 15.6. The van der Waals surface area contributed by atoms with Gasteiger partial charge in [-0.2, -0.15) is 0 Å². The summed E-state index contributed by atoms with van der Waals surface area (Å²) in [7, 11) is 0. The Morgan fingerprint density at radius 3 is 0.345 bits per heavy atom. The molecule has 0 amide bonds. The van der Waals surface area contributed by atoms with Crippen LogP contribution in [0.4, 0.5) is 68.2 Å². The minimum atomic E-state index is 1.07. The van der Waals surface area contributed by atoms with E-state index in [4.69, 9.17) is 0 Å². The smallest absolute Gasteiger partial charge is 0.0463 e. The van der Waals surface area contributed by atoms with E-state index in [1.807, 2.05) is 0 Å². The first-order valence-corrected chi connectivity index (χ1v) is 19.6. The monoisotopic (exact) mass is 746 g/mol. The van der Waals surface area contributed by atoms with Crippen molar-refractivity contribution in [3.05, 3.63) is 255 Å².